The number of anilines is 1. The van der Waals surface area contributed by atoms with Crippen molar-refractivity contribution in [2.24, 2.45) is 0 Å². The van der Waals surface area contributed by atoms with Crippen LogP contribution in [-0.2, 0) is 22.4 Å². The Morgan fingerprint density at radius 3 is 2.00 bits per heavy atom. The van der Waals surface area contributed by atoms with E-state index in [0.717, 1.165) is 28.8 Å². The average Bonchev–Trinajstić information content (AvgIpc) is 2.81. The third-order valence-electron chi connectivity index (χ3n) is 6.15. The molecule has 0 aliphatic heterocycles. The number of benzene rings is 3. The number of rotatable bonds is 9. The van der Waals surface area contributed by atoms with Gasteiger partial charge in [-0.05, 0) is 94.7 Å². The standard InChI is InChI=1S/C29H34ClFN2O3S/c1-17(2)23-13-21(20-9-12-26(31)25(30)15-20)14-24(18(3)4)27(23)28(37(35)36)29(34)32-22-10-7-19(8-11-22)16-33(5)6/h7-15,17-18,28H,16H2,1-6H3,(H,32,34)(H,35,36)/p-1. The van der Waals surface area contributed by atoms with Crippen molar-refractivity contribution in [3.05, 3.63) is 87.7 Å². The molecule has 0 radical (unpaired) electrons. The quantitative estimate of drug-likeness (QED) is 0.294. The van der Waals surface area contributed by atoms with Gasteiger partial charge in [0.25, 0.3) is 0 Å². The Morgan fingerprint density at radius 2 is 1.54 bits per heavy atom. The van der Waals surface area contributed by atoms with E-state index in [0.29, 0.717) is 16.8 Å². The van der Waals surface area contributed by atoms with E-state index in [1.165, 1.54) is 6.07 Å². The number of amides is 1. The first kappa shape index (κ1) is 29.0. The number of hydrogen-bond acceptors (Lipinski definition) is 4. The summed E-state index contributed by atoms with van der Waals surface area (Å²) < 4.78 is 38.9. The van der Waals surface area contributed by atoms with Gasteiger partial charge in [0.1, 0.15) is 11.1 Å². The molecule has 0 bridgehead atoms. The predicted molar refractivity (Wildman–Crippen MR) is 149 cm³/mol. The Kier molecular flexibility index (Phi) is 9.64. The first-order chi connectivity index (χ1) is 17.4. The third kappa shape index (κ3) is 7.05. The van der Waals surface area contributed by atoms with Gasteiger partial charge in [-0.2, -0.15) is 0 Å². The Balaban J connectivity index is 2.09. The summed E-state index contributed by atoms with van der Waals surface area (Å²) in [6.07, 6.45) is 0. The van der Waals surface area contributed by atoms with Gasteiger partial charge in [0, 0.05) is 12.2 Å². The lowest BCUT2D eigenvalue weighted by atomic mass is 9.83. The highest BCUT2D eigenvalue weighted by Crippen LogP contribution is 2.39. The van der Waals surface area contributed by atoms with Crippen molar-refractivity contribution in [2.75, 3.05) is 19.4 Å². The van der Waals surface area contributed by atoms with E-state index in [-0.39, 0.29) is 16.9 Å². The average molecular weight is 544 g/mol. The summed E-state index contributed by atoms with van der Waals surface area (Å²) in [6, 6.07) is 15.6. The summed E-state index contributed by atoms with van der Waals surface area (Å²) in [5.74, 6) is -1.28. The maximum absolute atomic E-state index is 13.8. The first-order valence-corrected chi connectivity index (χ1v) is 13.7. The highest BCUT2D eigenvalue weighted by Gasteiger charge is 2.30. The van der Waals surface area contributed by atoms with E-state index < -0.39 is 28.1 Å². The maximum atomic E-state index is 13.8. The maximum Gasteiger partial charge on any atom is 0.243 e. The molecule has 0 saturated heterocycles. The molecular weight excluding hydrogens is 511 g/mol. The van der Waals surface area contributed by atoms with Gasteiger partial charge in [0.05, 0.1) is 5.02 Å². The van der Waals surface area contributed by atoms with E-state index in [1.807, 2.05) is 71.0 Å². The van der Waals surface area contributed by atoms with Crippen molar-refractivity contribution in [3.63, 3.8) is 0 Å². The van der Waals surface area contributed by atoms with E-state index in [2.05, 4.69) is 5.32 Å². The molecule has 0 aromatic heterocycles. The van der Waals surface area contributed by atoms with E-state index in [1.54, 1.807) is 24.3 Å². The molecule has 3 aromatic carbocycles. The van der Waals surface area contributed by atoms with Crippen molar-refractivity contribution < 1.29 is 17.9 Å². The minimum absolute atomic E-state index is 0.00767. The van der Waals surface area contributed by atoms with Crippen LogP contribution >= 0.6 is 11.6 Å². The van der Waals surface area contributed by atoms with Crippen molar-refractivity contribution >= 4 is 34.3 Å². The molecule has 1 N–H and O–H groups in total. The zero-order chi connectivity index (χ0) is 27.4. The molecule has 0 saturated carbocycles. The number of hydrogen-bond donors (Lipinski definition) is 1. The van der Waals surface area contributed by atoms with Crippen molar-refractivity contribution in [2.45, 2.75) is 51.3 Å². The largest absolute Gasteiger partial charge is 0.771 e. The fourth-order valence-electron chi connectivity index (χ4n) is 4.38. The van der Waals surface area contributed by atoms with Crippen LogP contribution in [0.4, 0.5) is 10.1 Å². The third-order valence-corrected chi connectivity index (χ3v) is 7.28. The number of carbonyl (C=O) groups is 1. The van der Waals surface area contributed by atoms with Crippen LogP contribution in [-0.4, -0.2) is 33.7 Å². The number of carbonyl (C=O) groups excluding carboxylic acids is 1. The molecule has 2 unspecified atom stereocenters. The second-order valence-corrected chi connectivity index (χ2v) is 11.5. The van der Waals surface area contributed by atoms with E-state index in [4.69, 9.17) is 11.6 Å². The van der Waals surface area contributed by atoms with E-state index in [9.17, 15) is 17.9 Å². The van der Waals surface area contributed by atoms with Crippen LogP contribution in [0.1, 0.15) is 67.0 Å². The molecule has 37 heavy (non-hydrogen) atoms. The predicted octanol–water partition coefficient (Wildman–Crippen LogP) is 7.01. The second kappa shape index (κ2) is 12.3. The van der Waals surface area contributed by atoms with Gasteiger partial charge in [0.15, 0.2) is 0 Å². The molecule has 0 fully saturated rings. The fourth-order valence-corrected chi connectivity index (χ4v) is 5.26. The van der Waals surface area contributed by atoms with Crippen LogP contribution in [0.25, 0.3) is 11.1 Å². The van der Waals surface area contributed by atoms with Gasteiger partial charge in [0.2, 0.25) is 5.91 Å². The molecule has 0 spiro atoms. The Bertz CT molecular complexity index is 1260. The van der Waals surface area contributed by atoms with Gasteiger partial charge in [-0.3, -0.25) is 9.00 Å². The Morgan fingerprint density at radius 1 is 0.973 bits per heavy atom. The topological polar surface area (TPSA) is 72.5 Å². The summed E-state index contributed by atoms with van der Waals surface area (Å²) in [6.45, 7) is 8.57. The Hall–Kier alpha value is -2.58. The fraction of sp³-hybridized carbons (Fsp3) is 0.345. The smallest absolute Gasteiger partial charge is 0.243 e. The van der Waals surface area contributed by atoms with E-state index >= 15 is 0 Å². The zero-order valence-corrected chi connectivity index (χ0v) is 23.5. The minimum Gasteiger partial charge on any atom is -0.771 e. The number of nitrogens with zero attached hydrogens (tertiary/aromatic N) is 1. The molecule has 2 atom stereocenters. The lowest BCUT2D eigenvalue weighted by molar-refractivity contribution is -0.116. The van der Waals surface area contributed by atoms with Crippen LogP contribution < -0.4 is 5.32 Å². The monoisotopic (exact) mass is 543 g/mol. The molecule has 8 heteroatoms. The molecule has 0 heterocycles. The molecular formula is C29H33ClFN2O3S-. The molecule has 5 nitrogen and oxygen atoms in total. The van der Waals surface area contributed by atoms with Crippen molar-refractivity contribution in [3.8, 4) is 11.1 Å². The molecule has 3 aromatic rings. The minimum atomic E-state index is -2.72. The highest BCUT2D eigenvalue weighted by molar-refractivity contribution is 7.80. The first-order valence-electron chi connectivity index (χ1n) is 12.1. The van der Waals surface area contributed by atoms with Crippen LogP contribution in [0.2, 0.25) is 5.02 Å². The zero-order valence-electron chi connectivity index (χ0n) is 22.0. The summed E-state index contributed by atoms with van der Waals surface area (Å²) in [5, 5.41) is 1.40. The molecule has 198 valence electrons. The normalized spacial score (nSPS) is 13.3. The van der Waals surface area contributed by atoms with Crippen LogP contribution in [0.15, 0.2) is 54.6 Å². The number of halogens is 2. The lowest BCUT2D eigenvalue weighted by Gasteiger charge is -2.28. The van der Waals surface area contributed by atoms with Gasteiger partial charge >= 0.3 is 0 Å². The summed E-state index contributed by atoms with van der Waals surface area (Å²) in [4.78, 5) is 15.5. The molecule has 0 aliphatic carbocycles. The summed E-state index contributed by atoms with van der Waals surface area (Å²) >= 11 is 3.31. The van der Waals surface area contributed by atoms with Gasteiger partial charge in [-0.25, -0.2) is 4.39 Å². The highest BCUT2D eigenvalue weighted by atomic mass is 35.5. The van der Waals surface area contributed by atoms with Crippen LogP contribution in [0, 0.1) is 5.82 Å². The van der Waals surface area contributed by atoms with Crippen LogP contribution in [0.5, 0.6) is 0 Å². The van der Waals surface area contributed by atoms with Gasteiger partial charge in [-0.15, -0.1) is 0 Å². The van der Waals surface area contributed by atoms with Crippen LogP contribution in [0.3, 0.4) is 0 Å². The van der Waals surface area contributed by atoms with Crippen molar-refractivity contribution in [1.29, 1.82) is 0 Å². The Labute approximate surface area is 226 Å². The van der Waals surface area contributed by atoms with Gasteiger partial charge < -0.3 is 14.8 Å². The molecule has 3 rings (SSSR count). The van der Waals surface area contributed by atoms with Gasteiger partial charge in [-0.1, -0.05) is 69.6 Å². The van der Waals surface area contributed by atoms with Crippen molar-refractivity contribution in [1.82, 2.24) is 4.90 Å². The second-order valence-electron chi connectivity index (χ2n) is 10.1. The summed E-state index contributed by atoms with van der Waals surface area (Å²) in [7, 11) is 3.94. The molecule has 1 amide bonds. The lowest BCUT2D eigenvalue weighted by Crippen LogP contribution is -2.27. The number of nitrogens with one attached hydrogen (secondary N) is 1. The SMILES string of the molecule is CC(C)c1cc(-c2ccc(F)c(Cl)c2)cc(C(C)C)c1C(C(=O)Nc1ccc(CN(C)C)cc1)S(=O)[O-]. The summed E-state index contributed by atoms with van der Waals surface area (Å²) in [5.41, 5.74) is 5.07. The molecule has 0 aliphatic rings.